The van der Waals surface area contributed by atoms with Gasteiger partial charge in [0.25, 0.3) is 0 Å². The van der Waals surface area contributed by atoms with E-state index in [-0.39, 0.29) is 11.8 Å². The Bertz CT molecular complexity index is 361. The summed E-state index contributed by atoms with van der Waals surface area (Å²) >= 11 is 0. The zero-order valence-corrected chi connectivity index (χ0v) is 10.2. The summed E-state index contributed by atoms with van der Waals surface area (Å²) in [5.41, 5.74) is 7.89. The van der Waals surface area contributed by atoms with Crippen molar-refractivity contribution in [3.05, 3.63) is 35.4 Å². The first kappa shape index (κ1) is 12.7. The van der Waals surface area contributed by atoms with Crippen molar-refractivity contribution in [2.24, 2.45) is 11.7 Å². The molecule has 0 aliphatic rings. The number of hydrogen-bond acceptors (Lipinski definition) is 2. The summed E-state index contributed by atoms with van der Waals surface area (Å²) in [6, 6.07) is 7.97. The van der Waals surface area contributed by atoms with Gasteiger partial charge in [-0.2, -0.15) is 0 Å². The highest BCUT2D eigenvalue weighted by Gasteiger charge is 2.13. The van der Waals surface area contributed by atoms with Crippen LogP contribution in [0.3, 0.4) is 0 Å². The van der Waals surface area contributed by atoms with Crippen LogP contribution in [0.4, 0.5) is 0 Å². The molecule has 3 nitrogen and oxygen atoms in total. The van der Waals surface area contributed by atoms with Crippen LogP contribution in [0, 0.1) is 5.92 Å². The van der Waals surface area contributed by atoms with E-state index in [9.17, 15) is 4.79 Å². The van der Waals surface area contributed by atoms with Gasteiger partial charge in [-0.05, 0) is 11.1 Å². The number of rotatable bonds is 4. The van der Waals surface area contributed by atoms with Gasteiger partial charge < -0.3 is 10.6 Å². The minimum absolute atomic E-state index is 0.0371. The molecule has 1 aromatic rings. The molecule has 1 aromatic carbocycles. The predicted octanol–water partition coefficient (Wildman–Crippen LogP) is 1.76. The summed E-state index contributed by atoms with van der Waals surface area (Å²) in [6.07, 6.45) is 0. The van der Waals surface area contributed by atoms with Crippen molar-refractivity contribution in [2.75, 3.05) is 7.05 Å². The van der Waals surface area contributed by atoms with E-state index in [1.54, 1.807) is 4.90 Å². The van der Waals surface area contributed by atoms with Crippen molar-refractivity contribution < 1.29 is 4.79 Å². The Morgan fingerprint density at radius 3 is 2.38 bits per heavy atom. The lowest BCUT2D eigenvalue weighted by atomic mass is 10.1. The number of carbonyl (C=O) groups is 1. The maximum atomic E-state index is 11.7. The second kappa shape index (κ2) is 5.66. The van der Waals surface area contributed by atoms with Crippen molar-refractivity contribution in [1.29, 1.82) is 0 Å². The molecule has 0 aromatic heterocycles. The third-order valence-corrected chi connectivity index (χ3v) is 2.62. The van der Waals surface area contributed by atoms with E-state index in [2.05, 4.69) is 0 Å². The molecule has 0 saturated heterocycles. The highest BCUT2D eigenvalue weighted by Crippen LogP contribution is 2.11. The number of carbonyl (C=O) groups excluding carboxylic acids is 1. The summed E-state index contributed by atoms with van der Waals surface area (Å²) in [5, 5.41) is 0. The third-order valence-electron chi connectivity index (χ3n) is 2.62. The van der Waals surface area contributed by atoms with Crippen LogP contribution in [0.2, 0.25) is 0 Å². The standard InChI is InChI=1S/C13H20N2O/c1-10(2)13(16)15(3)9-12-7-5-4-6-11(12)8-14/h4-7,10H,8-9,14H2,1-3H3. The van der Waals surface area contributed by atoms with Crippen LogP contribution in [-0.4, -0.2) is 17.9 Å². The van der Waals surface area contributed by atoms with E-state index in [0.717, 1.165) is 11.1 Å². The first-order valence-electron chi connectivity index (χ1n) is 5.58. The quantitative estimate of drug-likeness (QED) is 0.840. The van der Waals surface area contributed by atoms with Gasteiger partial charge in [-0.1, -0.05) is 38.1 Å². The molecule has 16 heavy (non-hydrogen) atoms. The van der Waals surface area contributed by atoms with Crippen molar-refractivity contribution in [1.82, 2.24) is 4.90 Å². The fourth-order valence-corrected chi connectivity index (χ4v) is 1.69. The van der Waals surface area contributed by atoms with Gasteiger partial charge in [0, 0.05) is 26.1 Å². The second-order valence-corrected chi connectivity index (χ2v) is 4.32. The van der Waals surface area contributed by atoms with E-state index in [4.69, 9.17) is 5.73 Å². The smallest absolute Gasteiger partial charge is 0.225 e. The Hall–Kier alpha value is -1.35. The van der Waals surface area contributed by atoms with Crippen LogP contribution in [0.25, 0.3) is 0 Å². The highest BCUT2D eigenvalue weighted by molar-refractivity contribution is 5.77. The molecule has 0 aliphatic heterocycles. The first-order valence-corrected chi connectivity index (χ1v) is 5.58. The molecule has 1 amide bonds. The average Bonchev–Trinajstić information content (AvgIpc) is 2.28. The molecule has 0 spiro atoms. The summed E-state index contributed by atoms with van der Waals surface area (Å²) in [5.74, 6) is 0.196. The summed E-state index contributed by atoms with van der Waals surface area (Å²) in [7, 11) is 1.83. The number of amides is 1. The van der Waals surface area contributed by atoms with E-state index in [1.165, 1.54) is 0 Å². The first-order chi connectivity index (χ1) is 7.56. The molecule has 0 aliphatic carbocycles. The largest absolute Gasteiger partial charge is 0.341 e. The van der Waals surface area contributed by atoms with Crippen molar-refractivity contribution in [2.45, 2.75) is 26.9 Å². The fourth-order valence-electron chi connectivity index (χ4n) is 1.69. The van der Waals surface area contributed by atoms with Crippen LogP contribution < -0.4 is 5.73 Å². The predicted molar refractivity (Wildman–Crippen MR) is 65.6 cm³/mol. The molecule has 0 saturated carbocycles. The zero-order chi connectivity index (χ0) is 12.1. The van der Waals surface area contributed by atoms with Gasteiger partial charge in [0.05, 0.1) is 0 Å². The Balaban J connectivity index is 2.76. The van der Waals surface area contributed by atoms with Crippen LogP contribution in [-0.2, 0) is 17.9 Å². The van der Waals surface area contributed by atoms with Crippen LogP contribution in [0.15, 0.2) is 24.3 Å². The Kier molecular flexibility index (Phi) is 4.50. The monoisotopic (exact) mass is 220 g/mol. The van der Waals surface area contributed by atoms with Crippen LogP contribution in [0.1, 0.15) is 25.0 Å². The summed E-state index contributed by atoms with van der Waals surface area (Å²) in [6.45, 7) is 4.96. The molecule has 0 atom stereocenters. The average molecular weight is 220 g/mol. The Labute approximate surface area is 97.2 Å². The number of nitrogens with two attached hydrogens (primary N) is 1. The molecule has 3 heteroatoms. The number of hydrogen-bond donors (Lipinski definition) is 1. The van der Waals surface area contributed by atoms with Gasteiger partial charge >= 0.3 is 0 Å². The van der Waals surface area contributed by atoms with Crippen molar-refractivity contribution in [3.63, 3.8) is 0 Å². The lowest BCUT2D eigenvalue weighted by Gasteiger charge is -2.20. The van der Waals surface area contributed by atoms with Crippen LogP contribution >= 0.6 is 0 Å². The molecule has 0 heterocycles. The van der Waals surface area contributed by atoms with E-state index in [1.807, 2.05) is 45.2 Å². The minimum Gasteiger partial charge on any atom is -0.341 e. The van der Waals surface area contributed by atoms with Crippen molar-refractivity contribution in [3.8, 4) is 0 Å². The third kappa shape index (κ3) is 3.07. The molecular weight excluding hydrogens is 200 g/mol. The molecule has 88 valence electrons. The van der Waals surface area contributed by atoms with Gasteiger partial charge in [0.1, 0.15) is 0 Å². The van der Waals surface area contributed by atoms with Crippen LogP contribution in [0.5, 0.6) is 0 Å². The van der Waals surface area contributed by atoms with Crippen molar-refractivity contribution >= 4 is 5.91 Å². The van der Waals surface area contributed by atoms with Gasteiger partial charge in [0.2, 0.25) is 5.91 Å². The zero-order valence-electron chi connectivity index (χ0n) is 10.2. The lowest BCUT2D eigenvalue weighted by molar-refractivity contribution is -0.133. The maximum absolute atomic E-state index is 11.7. The second-order valence-electron chi connectivity index (χ2n) is 4.32. The summed E-state index contributed by atoms with van der Waals surface area (Å²) < 4.78 is 0. The Morgan fingerprint density at radius 2 is 1.88 bits per heavy atom. The van der Waals surface area contributed by atoms with Gasteiger partial charge in [-0.15, -0.1) is 0 Å². The molecular formula is C13H20N2O. The molecule has 1 rings (SSSR count). The molecule has 0 radical (unpaired) electrons. The van der Waals surface area contributed by atoms with E-state index >= 15 is 0 Å². The molecule has 2 N–H and O–H groups in total. The normalized spacial score (nSPS) is 10.6. The molecule has 0 bridgehead atoms. The number of benzene rings is 1. The SMILES string of the molecule is CC(C)C(=O)N(C)Cc1ccccc1CN. The maximum Gasteiger partial charge on any atom is 0.225 e. The highest BCUT2D eigenvalue weighted by atomic mass is 16.2. The summed E-state index contributed by atoms with van der Waals surface area (Å²) in [4.78, 5) is 13.5. The van der Waals surface area contributed by atoms with E-state index in [0.29, 0.717) is 13.1 Å². The number of nitrogens with zero attached hydrogens (tertiary/aromatic N) is 1. The lowest BCUT2D eigenvalue weighted by Crippen LogP contribution is -2.30. The van der Waals surface area contributed by atoms with E-state index < -0.39 is 0 Å². The van der Waals surface area contributed by atoms with Gasteiger partial charge in [-0.25, -0.2) is 0 Å². The minimum atomic E-state index is 0.0371. The Morgan fingerprint density at radius 1 is 1.31 bits per heavy atom. The topological polar surface area (TPSA) is 46.3 Å². The molecule has 0 unspecified atom stereocenters. The fraction of sp³-hybridized carbons (Fsp3) is 0.462. The van der Waals surface area contributed by atoms with Gasteiger partial charge in [0.15, 0.2) is 0 Å². The van der Waals surface area contributed by atoms with Gasteiger partial charge in [-0.3, -0.25) is 4.79 Å². The molecule has 0 fully saturated rings.